The van der Waals surface area contributed by atoms with E-state index in [1.807, 2.05) is 0 Å². The third kappa shape index (κ3) is 13.4. The van der Waals surface area contributed by atoms with Crippen molar-refractivity contribution in [1.29, 1.82) is 0 Å². The van der Waals surface area contributed by atoms with Crippen LogP contribution in [0.25, 0.3) is 0 Å². The van der Waals surface area contributed by atoms with Crippen LogP contribution in [-0.2, 0) is 13.5 Å². The Labute approximate surface area is 508 Å². The van der Waals surface area contributed by atoms with Gasteiger partial charge in [-0.1, -0.05) is 0 Å². The van der Waals surface area contributed by atoms with Crippen molar-refractivity contribution in [3.05, 3.63) is 23.8 Å². The Hall–Kier alpha value is -3.26. The molecule has 0 aliphatic heterocycles. The average molecular weight is 1690 g/mol. The van der Waals surface area contributed by atoms with E-state index in [1.54, 1.807) is 0 Å². The first-order chi connectivity index (χ1) is 41.1. The van der Waals surface area contributed by atoms with E-state index in [1.165, 1.54) is 0 Å². The predicted octanol–water partition coefficient (Wildman–Crippen LogP) is 21.4. The minimum absolute atomic E-state index is 0.0743. The van der Waals surface area contributed by atoms with Gasteiger partial charge in [0.1, 0.15) is 0 Å². The quantitative estimate of drug-likeness (QED) is 0.0532. The molecular formula is C40H23Cl2F51ORuSi. The fourth-order valence-corrected chi connectivity index (χ4v) is 14.1. The Balaban J connectivity index is 5.04. The van der Waals surface area contributed by atoms with Gasteiger partial charge >= 0.3 is 391 Å². The summed E-state index contributed by atoms with van der Waals surface area (Å²) in [7, 11) is 3.17. The Morgan fingerprint density at radius 3 is 0.677 bits per heavy atom. The summed E-state index contributed by atoms with van der Waals surface area (Å²) >= 11 is -4.08. The summed E-state index contributed by atoms with van der Waals surface area (Å²) in [4.78, 5) is 0. The number of halogens is 53. The van der Waals surface area contributed by atoms with E-state index in [0.717, 1.165) is 13.8 Å². The summed E-state index contributed by atoms with van der Waals surface area (Å²) in [5.41, 5.74) is -1.46. The molecule has 0 atom stereocenters. The third-order valence-corrected chi connectivity index (χ3v) is 20.3. The van der Waals surface area contributed by atoms with Gasteiger partial charge in [0.15, 0.2) is 0 Å². The second kappa shape index (κ2) is 25.3. The van der Waals surface area contributed by atoms with Crippen LogP contribution >= 0.6 is 19.4 Å². The Kier molecular flexibility index (Phi) is 23.9. The second-order valence-electron chi connectivity index (χ2n) is 20.0. The van der Waals surface area contributed by atoms with E-state index in [0.29, 0.717) is 0 Å². The molecular weight excluding hydrogens is 1670 g/mol. The molecule has 56 heteroatoms. The van der Waals surface area contributed by atoms with Crippen molar-refractivity contribution in [2.75, 3.05) is 0 Å². The maximum atomic E-state index is 15.7. The van der Waals surface area contributed by atoms with E-state index in [4.69, 9.17) is 24.1 Å². The van der Waals surface area contributed by atoms with Crippen molar-refractivity contribution in [3.8, 4) is 5.75 Å². The van der Waals surface area contributed by atoms with Gasteiger partial charge in [0.25, 0.3) is 0 Å². The van der Waals surface area contributed by atoms with E-state index in [-0.39, 0.29) is 10.7 Å². The summed E-state index contributed by atoms with van der Waals surface area (Å²) in [5.74, 6) is -196. The number of benzene rings is 1. The van der Waals surface area contributed by atoms with E-state index in [9.17, 15) is 171 Å². The van der Waals surface area contributed by atoms with Crippen LogP contribution in [0, 0.1) is 0 Å². The standard InChI is InChI=1S/C40H23F51OSi.2ClH.Ru/c1-13(2)92-16-5-4-15(12-14(16)3)93(9-6-17(41,42)20(47,48)23(53,54)26(59,60)29(65,66)32(71,72)35(77,78)38(83,84)85,10-7-18(43,44)21(49,50)24(55,56)27(61,62)30(67,68)33(73,74)36(79,80)39(86,87)88)11-8-19(45,46)22(51,52)25(57,58)28(63,64)31(69,70)34(75,76)37(81,82)40(89,90)91;;;/h3-5,12-13H,6-11H2,1-2H3;2*1H;/q;;;+2/p-2. The molecule has 1 nitrogen and oxygen atoms in total. The van der Waals surface area contributed by atoms with Crippen LogP contribution in [0.2, 0.25) is 18.1 Å². The van der Waals surface area contributed by atoms with Crippen molar-refractivity contribution >= 4 is 37.3 Å². The van der Waals surface area contributed by atoms with Crippen LogP contribution in [0.15, 0.2) is 18.2 Å². The number of hydrogen-bond acceptors (Lipinski definition) is 1. The van der Waals surface area contributed by atoms with Crippen LogP contribution < -0.4 is 9.92 Å². The molecule has 96 heavy (non-hydrogen) atoms. The molecule has 1 rings (SSSR count). The van der Waals surface area contributed by atoms with Crippen LogP contribution in [0.3, 0.4) is 0 Å². The van der Waals surface area contributed by atoms with Gasteiger partial charge in [-0.25, -0.2) is 0 Å². The van der Waals surface area contributed by atoms with E-state index in [2.05, 4.69) is 0 Å². The molecule has 0 aromatic heterocycles. The monoisotopic (exact) mass is 1690 g/mol. The molecule has 572 valence electrons. The molecule has 0 unspecified atom stereocenters. The van der Waals surface area contributed by atoms with Crippen LogP contribution in [-0.4, -0.2) is 162 Å². The molecule has 0 saturated heterocycles. The molecule has 0 saturated carbocycles. The fourth-order valence-electron chi connectivity index (χ4n) is 7.46. The van der Waals surface area contributed by atoms with Gasteiger partial charge in [0.05, 0.1) is 0 Å². The van der Waals surface area contributed by atoms with Gasteiger partial charge in [-0.2, -0.15) is 119 Å². The number of alkyl halides is 51. The summed E-state index contributed by atoms with van der Waals surface area (Å²) in [6.07, 6.45) is -40.8. The SMILES string of the molecule is CC(C)Oc1ccc([Si](CCC(F)(F)C(F)(F)C(F)(F)C(F)(F)C(F)(F)C(F)(F)C(F)(F)C(F)(F)F)(CCC(F)(F)C(F)(F)C(F)(F)C(F)(F)C(F)(F)C(F)(F)C(F)(F)C(F)(F)F)CCC(F)(F)C(F)(F)C(F)(F)C(F)(F)C(F)(F)C(F)(F)C(F)(F)C(F)(F)F)cc1[CH]=[Ru]([Cl])[Cl]. The minimum atomic E-state index is -9.73. The Morgan fingerprint density at radius 2 is 0.500 bits per heavy atom. The molecule has 0 amide bonds. The normalized spacial score (nSPS) is 16.6. The summed E-state index contributed by atoms with van der Waals surface area (Å²) in [6.45, 7) is 1.63. The van der Waals surface area contributed by atoms with Crippen LogP contribution in [0.5, 0.6) is 5.75 Å². The van der Waals surface area contributed by atoms with Gasteiger partial charge < -0.3 is 0 Å². The van der Waals surface area contributed by atoms with E-state index >= 15 is 52.7 Å². The fraction of sp³-hybridized carbons (Fsp3) is 0.825. The van der Waals surface area contributed by atoms with Crippen molar-refractivity contribution in [1.82, 2.24) is 0 Å². The van der Waals surface area contributed by atoms with Crippen molar-refractivity contribution in [3.63, 3.8) is 0 Å². The van der Waals surface area contributed by atoms with Crippen molar-refractivity contribution in [2.24, 2.45) is 0 Å². The zero-order valence-corrected chi connectivity index (χ0v) is 48.2. The van der Waals surface area contributed by atoms with Gasteiger partial charge in [0, 0.05) is 0 Å². The number of ether oxygens (including phenoxy) is 1. The molecule has 0 bridgehead atoms. The van der Waals surface area contributed by atoms with Gasteiger partial charge in [-0.05, 0) is 0 Å². The van der Waals surface area contributed by atoms with Crippen molar-refractivity contribution in [2.45, 2.75) is 200 Å². The molecule has 0 N–H and O–H groups in total. The van der Waals surface area contributed by atoms with Crippen LogP contribution in [0.4, 0.5) is 224 Å². The first-order valence-corrected chi connectivity index (χ1v) is 31.0. The molecule has 0 radical (unpaired) electrons. The molecule has 0 aliphatic rings. The molecule has 0 spiro atoms. The molecule has 0 heterocycles. The van der Waals surface area contributed by atoms with Gasteiger partial charge in [-0.3, -0.25) is 0 Å². The topological polar surface area (TPSA) is 9.23 Å². The van der Waals surface area contributed by atoms with Crippen LogP contribution in [0.1, 0.15) is 38.7 Å². The molecule has 0 aliphatic carbocycles. The van der Waals surface area contributed by atoms with E-state index < -0.39 is 237 Å². The average Bonchev–Trinajstić information content (AvgIpc) is 0.708. The van der Waals surface area contributed by atoms with Gasteiger partial charge in [0.2, 0.25) is 0 Å². The zero-order chi connectivity index (χ0) is 78.2. The predicted molar refractivity (Wildman–Crippen MR) is 215 cm³/mol. The van der Waals surface area contributed by atoms with Gasteiger partial charge in [-0.15, -0.1) is 0 Å². The zero-order valence-electron chi connectivity index (χ0n) is 43.9. The number of rotatable bonds is 31. The third-order valence-electron chi connectivity index (χ3n) is 13.3. The molecule has 0 fully saturated rings. The summed E-state index contributed by atoms with van der Waals surface area (Å²) in [5, 5.41) is -2.42. The number of hydrogen-bond donors (Lipinski definition) is 0. The summed E-state index contributed by atoms with van der Waals surface area (Å²) < 4.78 is 731. The molecule has 1 aromatic rings. The first kappa shape index (κ1) is 90.8. The van der Waals surface area contributed by atoms with Crippen molar-refractivity contribution < 1.29 is 242 Å². The second-order valence-corrected chi connectivity index (χ2v) is 30.3. The Morgan fingerprint density at radius 1 is 0.312 bits per heavy atom. The summed E-state index contributed by atoms with van der Waals surface area (Å²) in [6, 6.07) is -13.0. The maximum absolute atomic E-state index is 15.7. The molecule has 1 aromatic carbocycles. The Bertz CT molecular complexity index is 2660. The first-order valence-electron chi connectivity index (χ1n) is 22.9.